The van der Waals surface area contributed by atoms with Gasteiger partial charge in [0.1, 0.15) is 0 Å². The van der Waals surface area contributed by atoms with Gasteiger partial charge in [0.2, 0.25) is 0 Å². The van der Waals surface area contributed by atoms with Crippen LogP contribution in [-0.4, -0.2) is 46.6 Å². The number of sulfonamides is 1. The van der Waals surface area contributed by atoms with Crippen LogP contribution in [-0.2, 0) is 14.8 Å². The van der Waals surface area contributed by atoms with E-state index < -0.39 is 16.0 Å². The topological polar surface area (TPSA) is 103 Å². The number of aromatic nitrogens is 2. The molecule has 1 unspecified atom stereocenters. The summed E-state index contributed by atoms with van der Waals surface area (Å²) in [5.74, 6) is -0.899. The standard InChI is InChI=1S/C11H17N3O4S/c15-11(16)5-4-9-3-1-2-8-14(9)19(17,18)10-6-7-12-13-10/h6-7,9H,1-5,8H2,(H,12,13)(H,15,16). The quantitative estimate of drug-likeness (QED) is 0.834. The molecule has 19 heavy (non-hydrogen) atoms. The average molecular weight is 287 g/mol. The number of aliphatic carboxylic acids is 1. The highest BCUT2D eigenvalue weighted by molar-refractivity contribution is 7.89. The smallest absolute Gasteiger partial charge is 0.303 e. The van der Waals surface area contributed by atoms with Crippen LogP contribution in [0.25, 0.3) is 0 Å². The van der Waals surface area contributed by atoms with Crippen molar-refractivity contribution in [1.82, 2.24) is 14.5 Å². The molecular weight excluding hydrogens is 270 g/mol. The van der Waals surface area contributed by atoms with Crippen molar-refractivity contribution in [3.8, 4) is 0 Å². The number of H-pyrrole nitrogens is 1. The van der Waals surface area contributed by atoms with Gasteiger partial charge in [-0.1, -0.05) is 6.42 Å². The van der Waals surface area contributed by atoms with Crippen molar-refractivity contribution in [3.63, 3.8) is 0 Å². The number of nitrogens with zero attached hydrogens (tertiary/aromatic N) is 2. The number of hydrogen-bond donors (Lipinski definition) is 2. The minimum absolute atomic E-state index is 0.0142. The lowest BCUT2D eigenvalue weighted by atomic mass is 10.0. The first-order chi connectivity index (χ1) is 9.01. The fourth-order valence-electron chi connectivity index (χ4n) is 2.38. The van der Waals surface area contributed by atoms with E-state index in [-0.39, 0.29) is 17.5 Å². The molecule has 0 aliphatic carbocycles. The number of piperidine rings is 1. The van der Waals surface area contributed by atoms with Gasteiger partial charge in [0, 0.05) is 19.0 Å². The van der Waals surface area contributed by atoms with Gasteiger partial charge >= 0.3 is 5.97 Å². The van der Waals surface area contributed by atoms with Crippen LogP contribution in [0.1, 0.15) is 32.1 Å². The lowest BCUT2D eigenvalue weighted by Crippen LogP contribution is -2.44. The third-order valence-corrected chi connectivity index (χ3v) is 5.21. The second kappa shape index (κ2) is 5.70. The first kappa shape index (κ1) is 14.0. The minimum atomic E-state index is -3.59. The van der Waals surface area contributed by atoms with Crippen LogP contribution in [0.15, 0.2) is 17.3 Å². The fourth-order valence-corrected chi connectivity index (χ4v) is 4.01. The predicted molar refractivity (Wildman–Crippen MR) is 67.0 cm³/mol. The van der Waals surface area contributed by atoms with Crippen LogP contribution >= 0.6 is 0 Å². The van der Waals surface area contributed by atoms with Gasteiger partial charge in [0.15, 0.2) is 5.03 Å². The number of hydrogen-bond acceptors (Lipinski definition) is 4. The summed E-state index contributed by atoms with van der Waals surface area (Å²) in [5.41, 5.74) is 0. The molecule has 1 aliphatic rings. The Hall–Kier alpha value is -1.41. The van der Waals surface area contributed by atoms with E-state index in [9.17, 15) is 13.2 Å². The molecule has 0 spiro atoms. The van der Waals surface area contributed by atoms with Gasteiger partial charge in [0.05, 0.1) is 6.20 Å². The number of aromatic amines is 1. The van der Waals surface area contributed by atoms with E-state index in [1.807, 2.05) is 0 Å². The maximum Gasteiger partial charge on any atom is 0.303 e. The molecule has 1 fully saturated rings. The second-order valence-electron chi connectivity index (χ2n) is 4.62. The summed E-state index contributed by atoms with van der Waals surface area (Å²) in [6.45, 7) is 0.436. The van der Waals surface area contributed by atoms with Gasteiger partial charge in [0.25, 0.3) is 10.0 Å². The van der Waals surface area contributed by atoms with Crippen molar-refractivity contribution in [2.45, 2.75) is 43.2 Å². The van der Waals surface area contributed by atoms with Crippen LogP contribution < -0.4 is 0 Å². The summed E-state index contributed by atoms with van der Waals surface area (Å²) in [7, 11) is -3.59. The zero-order valence-corrected chi connectivity index (χ0v) is 11.3. The molecule has 0 amide bonds. The van der Waals surface area contributed by atoms with Crippen molar-refractivity contribution in [2.75, 3.05) is 6.54 Å². The average Bonchev–Trinajstić information content (AvgIpc) is 2.91. The van der Waals surface area contributed by atoms with Gasteiger partial charge in [-0.25, -0.2) is 8.42 Å². The number of nitrogens with one attached hydrogen (secondary N) is 1. The first-order valence-corrected chi connectivity index (χ1v) is 7.69. The summed E-state index contributed by atoms with van der Waals surface area (Å²) in [4.78, 5) is 10.6. The Morgan fingerprint density at radius 2 is 2.32 bits per heavy atom. The number of rotatable bonds is 5. The Balaban J connectivity index is 2.17. The predicted octanol–water partition coefficient (Wildman–Crippen LogP) is 0.818. The molecule has 1 aromatic heterocycles. The molecule has 0 saturated carbocycles. The molecule has 1 saturated heterocycles. The molecule has 2 heterocycles. The third-order valence-electron chi connectivity index (χ3n) is 3.33. The second-order valence-corrected chi connectivity index (χ2v) is 6.48. The molecule has 8 heteroatoms. The van der Waals surface area contributed by atoms with E-state index >= 15 is 0 Å². The van der Waals surface area contributed by atoms with Gasteiger partial charge in [-0.3, -0.25) is 9.89 Å². The molecule has 7 nitrogen and oxygen atoms in total. The number of carboxylic acids is 1. The monoisotopic (exact) mass is 287 g/mol. The van der Waals surface area contributed by atoms with Crippen molar-refractivity contribution >= 4 is 16.0 Å². The molecular formula is C11H17N3O4S. The Labute approximate surface area is 111 Å². The highest BCUT2D eigenvalue weighted by Gasteiger charge is 2.34. The van der Waals surface area contributed by atoms with Gasteiger partial charge < -0.3 is 5.11 Å². The SMILES string of the molecule is O=C(O)CCC1CCCCN1S(=O)(=O)c1ccn[nH]1. The molecule has 1 aliphatic heterocycles. The van der Waals surface area contributed by atoms with Crippen LogP contribution in [0.3, 0.4) is 0 Å². The van der Waals surface area contributed by atoms with Gasteiger partial charge in [-0.15, -0.1) is 0 Å². The normalized spacial score (nSPS) is 21.4. The maximum absolute atomic E-state index is 12.4. The highest BCUT2D eigenvalue weighted by Crippen LogP contribution is 2.26. The van der Waals surface area contributed by atoms with E-state index in [2.05, 4.69) is 10.2 Å². The van der Waals surface area contributed by atoms with Crippen molar-refractivity contribution in [1.29, 1.82) is 0 Å². The molecule has 0 aromatic carbocycles. The van der Waals surface area contributed by atoms with Gasteiger partial charge in [-0.05, 0) is 25.3 Å². The summed E-state index contributed by atoms with van der Waals surface area (Å²) >= 11 is 0. The molecule has 106 valence electrons. The van der Waals surface area contributed by atoms with Crippen molar-refractivity contribution < 1.29 is 18.3 Å². The fraction of sp³-hybridized carbons (Fsp3) is 0.636. The maximum atomic E-state index is 12.4. The lowest BCUT2D eigenvalue weighted by Gasteiger charge is -2.34. The molecule has 2 rings (SSSR count). The number of carboxylic acid groups (broad SMARTS) is 1. The zero-order valence-electron chi connectivity index (χ0n) is 10.4. The van der Waals surface area contributed by atoms with Crippen molar-refractivity contribution in [3.05, 3.63) is 12.3 Å². The zero-order chi connectivity index (χ0) is 13.9. The van der Waals surface area contributed by atoms with Gasteiger partial charge in [-0.2, -0.15) is 9.40 Å². The van der Waals surface area contributed by atoms with E-state index in [0.717, 1.165) is 12.8 Å². The van der Waals surface area contributed by atoms with Crippen LogP contribution in [0, 0.1) is 0 Å². The third kappa shape index (κ3) is 3.13. The molecule has 1 aromatic rings. The van der Waals surface area contributed by atoms with E-state index in [4.69, 9.17) is 5.11 Å². The molecule has 0 bridgehead atoms. The molecule has 1 atom stereocenters. The largest absolute Gasteiger partial charge is 0.481 e. The van der Waals surface area contributed by atoms with Crippen LogP contribution in [0.5, 0.6) is 0 Å². The highest BCUT2D eigenvalue weighted by atomic mass is 32.2. The first-order valence-electron chi connectivity index (χ1n) is 6.25. The Bertz CT molecular complexity index is 526. The number of carbonyl (C=O) groups is 1. The van der Waals surface area contributed by atoms with E-state index in [0.29, 0.717) is 19.4 Å². The Morgan fingerprint density at radius 3 is 2.95 bits per heavy atom. The summed E-state index contributed by atoms with van der Waals surface area (Å²) < 4.78 is 26.2. The Morgan fingerprint density at radius 1 is 1.53 bits per heavy atom. The minimum Gasteiger partial charge on any atom is -0.481 e. The molecule has 0 radical (unpaired) electrons. The molecule has 2 N–H and O–H groups in total. The Kier molecular flexibility index (Phi) is 4.20. The summed E-state index contributed by atoms with van der Waals surface area (Å²) in [5, 5.41) is 14.9. The van der Waals surface area contributed by atoms with Crippen LogP contribution in [0.2, 0.25) is 0 Å². The lowest BCUT2D eigenvalue weighted by molar-refractivity contribution is -0.137. The van der Waals surface area contributed by atoms with E-state index in [1.165, 1.54) is 16.6 Å². The summed E-state index contributed by atoms with van der Waals surface area (Å²) in [6.07, 6.45) is 4.17. The van der Waals surface area contributed by atoms with E-state index in [1.54, 1.807) is 0 Å². The van der Waals surface area contributed by atoms with Crippen LogP contribution in [0.4, 0.5) is 0 Å². The summed E-state index contributed by atoms with van der Waals surface area (Å²) in [6, 6.07) is 1.18. The van der Waals surface area contributed by atoms with Crippen molar-refractivity contribution in [2.24, 2.45) is 0 Å².